The molecule has 1 unspecified atom stereocenters. The lowest BCUT2D eigenvalue weighted by Gasteiger charge is -2.35. The number of benzene rings is 2. The normalized spacial score (nSPS) is 18.7. The number of halogens is 1. The van der Waals surface area contributed by atoms with Gasteiger partial charge in [0.15, 0.2) is 0 Å². The van der Waals surface area contributed by atoms with Gasteiger partial charge in [0.2, 0.25) is 0 Å². The number of rotatable bonds is 3. The van der Waals surface area contributed by atoms with E-state index in [2.05, 4.69) is 6.07 Å². The summed E-state index contributed by atoms with van der Waals surface area (Å²) in [6.45, 7) is 0. The van der Waals surface area contributed by atoms with Crippen molar-refractivity contribution in [2.24, 2.45) is 5.73 Å². The van der Waals surface area contributed by atoms with Crippen LogP contribution >= 0.6 is 0 Å². The number of nitrogens with two attached hydrogens (primary N) is 1. The van der Waals surface area contributed by atoms with Crippen molar-refractivity contribution in [1.82, 2.24) is 0 Å². The van der Waals surface area contributed by atoms with Crippen LogP contribution in [-0.4, -0.2) is 20.2 Å². The summed E-state index contributed by atoms with van der Waals surface area (Å²) in [5, 5.41) is 10.1. The minimum Gasteiger partial charge on any atom is -0.497 e. The molecule has 0 aliphatic heterocycles. The Labute approximate surface area is 150 Å². The lowest BCUT2D eigenvalue weighted by atomic mass is 9.66. The summed E-state index contributed by atoms with van der Waals surface area (Å²) in [4.78, 5) is 12.2. The van der Waals surface area contributed by atoms with Gasteiger partial charge in [-0.3, -0.25) is 0 Å². The van der Waals surface area contributed by atoms with Crippen LogP contribution in [0.25, 0.3) is 5.70 Å². The van der Waals surface area contributed by atoms with E-state index in [1.807, 2.05) is 0 Å². The Balaban J connectivity index is 2.34. The van der Waals surface area contributed by atoms with Crippen LogP contribution in [0.5, 0.6) is 5.75 Å². The number of hydrogen-bond donors (Lipinski definition) is 1. The smallest absolute Gasteiger partial charge is 0.335 e. The molecule has 6 heteroatoms. The molecule has 1 atom stereocenters. The zero-order chi connectivity index (χ0) is 18.9. The zero-order valence-electron chi connectivity index (χ0n) is 14.4. The number of nitrogens with zero attached hydrogens (tertiary/aromatic N) is 1. The maximum atomic E-state index is 13.4. The maximum absolute atomic E-state index is 13.4. The lowest BCUT2D eigenvalue weighted by molar-refractivity contribution is -0.136. The number of methoxy groups -OCH3 is 2. The van der Waals surface area contributed by atoms with E-state index in [1.54, 1.807) is 18.2 Å². The Kier molecular flexibility index (Phi) is 4.39. The van der Waals surface area contributed by atoms with E-state index in [-0.39, 0.29) is 17.7 Å². The topological polar surface area (TPSA) is 85.3 Å². The third kappa shape index (κ3) is 2.58. The second kappa shape index (κ2) is 6.52. The van der Waals surface area contributed by atoms with E-state index in [4.69, 9.17) is 15.2 Å². The third-order valence-corrected chi connectivity index (χ3v) is 4.70. The van der Waals surface area contributed by atoms with Gasteiger partial charge in [-0.05, 0) is 41.5 Å². The summed E-state index contributed by atoms with van der Waals surface area (Å²) in [7, 11) is 2.79. The molecular weight excluding hydrogens is 335 g/mol. The van der Waals surface area contributed by atoms with Crippen LogP contribution < -0.4 is 10.5 Å². The molecular formula is C20H17FN2O3. The van der Waals surface area contributed by atoms with Crippen molar-refractivity contribution in [3.8, 4) is 11.8 Å². The van der Waals surface area contributed by atoms with Gasteiger partial charge in [-0.2, -0.15) is 5.26 Å². The van der Waals surface area contributed by atoms with E-state index in [0.29, 0.717) is 22.4 Å². The summed E-state index contributed by atoms with van der Waals surface area (Å²) >= 11 is 0. The maximum Gasteiger partial charge on any atom is 0.335 e. The molecule has 3 rings (SSSR count). The molecule has 0 amide bonds. The number of fused-ring (bicyclic) bond motifs is 1. The molecule has 0 aromatic heterocycles. The Morgan fingerprint density at radius 1 is 1.23 bits per heavy atom. The molecule has 2 aromatic rings. The van der Waals surface area contributed by atoms with Gasteiger partial charge in [-0.15, -0.1) is 0 Å². The summed E-state index contributed by atoms with van der Waals surface area (Å²) in [6, 6.07) is 13.1. The third-order valence-electron chi connectivity index (χ3n) is 4.70. The summed E-state index contributed by atoms with van der Waals surface area (Å²) in [6.07, 6.45) is 0.0216. The van der Waals surface area contributed by atoms with Gasteiger partial charge in [0.05, 0.1) is 25.9 Å². The van der Waals surface area contributed by atoms with Gasteiger partial charge < -0.3 is 15.2 Å². The largest absolute Gasteiger partial charge is 0.497 e. The van der Waals surface area contributed by atoms with Gasteiger partial charge in [0.1, 0.15) is 17.0 Å². The zero-order valence-corrected chi connectivity index (χ0v) is 14.4. The van der Waals surface area contributed by atoms with Crippen LogP contribution in [0.2, 0.25) is 0 Å². The van der Waals surface area contributed by atoms with Crippen LogP contribution in [0, 0.1) is 17.1 Å². The second-order valence-corrected chi connectivity index (χ2v) is 6.00. The van der Waals surface area contributed by atoms with Crippen LogP contribution in [0.4, 0.5) is 4.39 Å². The Hall–Kier alpha value is -3.33. The molecule has 0 spiro atoms. The first-order valence-electron chi connectivity index (χ1n) is 7.90. The lowest BCUT2D eigenvalue weighted by Crippen LogP contribution is -2.34. The van der Waals surface area contributed by atoms with Gasteiger partial charge in [0, 0.05) is 17.7 Å². The highest BCUT2D eigenvalue weighted by atomic mass is 19.1. The van der Waals surface area contributed by atoms with Crippen LogP contribution in [0.15, 0.2) is 48.0 Å². The fourth-order valence-electron chi connectivity index (χ4n) is 3.32. The molecule has 1 aliphatic rings. The molecule has 26 heavy (non-hydrogen) atoms. The second-order valence-electron chi connectivity index (χ2n) is 6.00. The summed E-state index contributed by atoms with van der Waals surface area (Å²) in [5.74, 6) is -0.447. The Bertz CT molecular complexity index is 945. The SMILES string of the molecule is COC(=O)C1=C(N)c2ccc(OC)cc2C(C#N)(c2ccc(F)cc2)C1. The first-order valence-corrected chi connectivity index (χ1v) is 7.90. The van der Waals surface area contributed by atoms with Gasteiger partial charge in [0.25, 0.3) is 0 Å². The number of nitriles is 1. The average molecular weight is 352 g/mol. The standard InChI is InChI=1S/C20H17FN2O3/c1-25-14-7-8-15-17(9-14)20(11-22,12-3-5-13(21)6-4-12)10-16(18(15)23)19(24)26-2/h3-9H,10,23H2,1-2H3. The van der Waals surface area contributed by atoms with E-state index < -0.39 is 17.2 Å². The van der Waals surface area contributed by atoms with Crippen molar-refractivity contribution in [3.05, 3.63) is 70.5 Å². The average Bonchev–Trinajstić information content (AvgIpc) is 2.68. The highest BCUT2D eigenvalue weighted by Gasteiger charge is 2.43. The van der Waals surface area contributed by atoms with Crippen molar-refractivity contribution < 1.29 is 18.7 Å². The molecule has 5 nitrogen and oxygen atoms in total. The summed E-state index contributed by atoms with van der Waals surface area (Å²) in [5.41, 5.74) is 7.20. The molecule has 2 N–H and O–H groups in total. The molecule has 1 aliphatic carbocycles. The number of hydrogen-bond acceptors (Lipinski definition) is 5. The van der Waals surface area contributed by atoms with E-state index in [1.165, 1.54) is 38.5 Å². The highest BCUT2D eigenvalue weighted by molar-refractivity contribution is 5.99. The van der Waals surface area contributed by atoms with Gasteiger partial charge in [-0.25, -0.2) is 9.18 Å². The number of carbonyl (C=O) groups excluding carboxylic acids is 1. The molecule has 0 fully saturated rings. The van der Waals surface area contributed by atoms with Gasteiger partial charge in [-0.1, -0.05) is 12.1 Å². The first kappa shape index (κ1) is 17.5. The number of carbonyl (C=O) groups is 1. The van der Waals surface area contributed by atoms with Crippen molar-refractivity contribution >= 4 is 11.7 Å². The predicted molar refractivity (Wildman–Crippen MR) is 93.5 cm³/mol. The molecule has 132 valence electrons. The highest BCUT2D eigenvalue weighted by Crippen LogP contribution is 2.46. The Morgan fingerprint density at radius 2 is 1.92 bits per heavy atom. The van der Waals surface area contributed by atoms with Crippen LogP contribution in [0.3, 0.4) is 0 Å². The van der Waals surface area contributed by atoms with Crippen LogP contribution in [0.1, 0.15) is 23.1 Å². The quantitative estimate of drug-likeness (QED) is 0.859. The van der Waals surface area contributed by atoms with Crippen molar-refractivity contribution in [2.45, 2.75) is 11.8 Å². The fourth-order valence-corrected chi connectivity index (χ4v) is 3.32. The molecule has 0 saturated carbocycles. The predicted octanol–water partition coefficient (Wildman–Crippen LogP) is 2.89. The first-order chi connectivity index (χ1) is 12.5. The minimum atomic E-state index is -1.22. The number of ether oxygens (including phenoxy) is 2. The van der Waals surface area contributed by atoms with E-state index in [9.17, 15) is 14.4 Å². The monoisotopic (exact) mass is 352 g/mol. The number of esters is 1. The van der Waals surface area contributed by atoms with Crippen molar-refractivity contribution in [1.29, 1.82) is 5.26 Å². The minimum absolute atomic E-state index is 0.0216. The fraction of sp³-hybridized carbons (Fsp3) is 0.200. The van der Waals surface area contributed by atoms with E-state index >= 15 is 0 Å². The van der Waals surface area contributed by atoms with Gasteiger partial charge >= 0.3 is 5.97 Å². The molecule has 0 saturated heterocycles. The van der Waals surface area contributed by atoms with Crippen LogP contribution in [-0.2, 0) is 14.9 Å². The van der Waals surface area contributed by atoms with Crippen molar-refractivity contribution in [2.75, 3.05) is 14.2 Å². The molecule has 0 radical (unpaired) electrons. The molecule has 2 aromatic carbocycles. The van der Waals surface area contributed by atoms with E-state index in [0.717, 1.165) is 0 Å². The van der Waals surface area contributed by atoms with Crippen molar-refractivity contribution in [3.63, 3.8) is 0 Å². The molecule has 0 bridgehead atoms. The Morgan fingerprint density at radius 3 is 2.50 bits per heavy atom. The summed E-state index contributed by atoms with van der Waals surface area (Å²) < 4.78 is 23.5. The molecule has 0 heterocycles.